The first-order valence-electron chi connectivity index (χ1n) is 5.36. The highest BCUT2D eigenvalue weighted by molar-refractivity contribution is 7.99. The molecular formula is C10H14N2O3S. The van der Waals surface area contributed by atoms with E-state index < -0.39 is 5.97 Å². The van der Waals surface area contributed by atoms with E-state index in [-0.39, 0.29) is 11.2 Å². The highest BCUT2D eigenvalue weighted by Gasteiger charge is 2.32. The highest BCUT2D eigenvalue weighted by Crippen LogP contribution is 2.37. The Bertz CT molecular complexity index is 380. The van der Waals surface area contributed by atoms with Crippen molar-refractivity contribution in [1.29, 1.82) is 0 Å². The molecule has 1 aromatic heterocycles. The molecule has 1 aliphatic rings. The van der Waals surface area contributed by atoms with Gasteiger partial charge >= 0.3 is 5.97 Å². The van der Waals surface area contributed by atoms with Crippen molar-refractivity contribution >= 4 is 17.7 Å². The molecule has 0 spiro atoms. The number of carboxylic acid groups (broad SMARTS) is 1. The fourth-order valence-electron chi connectivity index (χ4n) is 1.98. The van der Waals surface area contributed by atoms with E-state index in [1.54, 1.807) is 6.92 Å². The number of rotatable bonds is 3. The number of nitrogens with zero attached hydrogens (tertiary/aromatic N) is 2. The summed E-state index contributed by atoms with van der Waals surface area (Å²) in [7, 11) is 0. The average molecular weight is 242 g/mol. The zero-order chi connectivity index (χ0) is 11.5. The van der Waals surface area contributed by atoms with Crippen LogP contribution in [0.15, 0.2) is 9.64 Å². The van der Waals surface area contributed by atoms with Crippen LogP contribution in [-0.2, 0) is 4.79 Å². The molecule has 0 saturated heterocycles. The normalized spacial score (nSPS) is 25.6. The minimum atomic E-state index is -0.714. The number of aliphatic carboxylic acids is 1. The van der Waals surface area contributed by atoms with Gasteiger partial charge in [-0.15, -0.1) is 10.2 Å². The Hall–Kier alpha value is -1.04. The molecule has 1 N–H and O–H groups in total. The summed E-state index contributed by atoms with van der Waals surface area (Å²) in [6.07, 6.45) is 3.73. The summed E-state index contributed by atoms with van der Waals surface area (Å²) < 4.78 is 5.26. The minimum Gasteiger partial charge on any atom is -0.481 e. The number of hydrogen-bond acceptors (Lipinski definition) is 5. The molecule has 0 amide bonds. The van der Waals surface area contributed by atoms with Crippen LogP contribution in [0.25, 0.3) is 0 Å². The van der Waals surface area contributed by atoms with Crippen molar-refractivity contribution in [2.45, 2.75) is 43.1 Å². The van der Waals surface area contributed by atoms with Crippen LogP contribution in [0.4, 0.5) is 0 Å². The smallest absolute Gasteiger partial charge is 0.307 e. The van der Waals surface area contributed by atoms with Crippen LogP contribution in [0, 0.1) is 12.8 Å². The molecule has 1 saturated carbocycles. The average Bonchev–Trinajstić information content (AvgIpc) is 2.64. The van der Waals surface area contributed by atoms with E-state index in [0.29, 0.717) is 11.1 Å². The van der Waals surface area contributed by atoms with Gasteiger partial charge in [0, 0.05) is 12.2 Å². The van der Waals surface area contributed by atoms with Gasteiger partial charge in [-0.25, -0.2) is 0 Å². The molecule has 0 aromatic carbocycles. The van der Waals surface area contributed by atoms with Gasteiger partial charge in [0.15, 0.2) is 0 Å². The first kappa shape index (κ1) is 11.4. The summed E-state index contributed by atoms with van der Waals surface area (Å²) in [5.74, 6) is -0.482. The van der Waals surface area contributed by atoms with Gasteiger partial charge in [0.05, 0.1) is 5.92 Å². The van der Waals surface area contributed by atoms with Crippen LogP contribution < -0.4 is 0 Å². The van der Waals surface area contributed by atoms with Crippen molar-refractivity contribution in [2.75, 3.05) is 0 Å². The predicted molar refractivity (Wildman–Crippen MR) is 58.3 cm³/mol. The Kier molecular flexibility index (Phi) is 3.48. The molecule has 1 aromatic rings. The molecule has 6 heteroatoms. The number of thioether (sulfide) groups is 1. The highest BCUT2D eigenvalue weighted by atomic mass is 32.2. The van der Waals surface area contributed by atoms with Gasteiger partial charge in [-0.3, -0.25) is 4.79 Å². The molecule has 1 aliphatic carbocycles. The lowest BCUT2D eigenvalue weighted by Gasteiger charge is -2.26. The van der Waals surface area contributed by atoms with Gasteiger partial charge in [-0.05, 0) is 12.8 Å². The van der Waals surface area contributed by atoms with Crippen molar-refractivity contribution in [2.24, 2.45) is 5.92 Å². The molecule has 2 rings (SSSR count). The van der Waals surface area contributed by atoms with Gasteiger partial charge < -0.3 is 9.52 Å². The third-order valence-electron chi connectivity index (χ3n) is 2.78. The molecule has 2 atom stereocenters. The van der Waals surface area contributed by atoms with Gasteiger partial charge in [0.2, 0.25) is 5.89 Å². The molecule has 16 heavy (non-hydrogen) atoms. The second-order valence-corrected chi connectivity index (χ2v) is 5.16. The minimum absolute atomic E-state index is 0.0612. The van der Waals surface area contributed by atoms with Gasteiger partial charge in [-0.1, -0.05) is 24.6 Å². The number of aryl methyl sites for hydroxylation is 1. The van der Waals surface area contributed by atoms with E-state index in [0.717, 1.165) is 25.7 Å². The Morgan fingerprint density at radius 2 is 2.19 bits per heavy atom. The van der Waals surface area contributed by atoms with Crippen LogP contribution >= 0.6 is 11.8 Å². The van der Waals surface area contributed by atoms with E-state index in [4.69, 9.17) is 9.52 Å². The monoisotopic (exact) mass is 242 g/mol. The van der Waals surface area contributed by atoms with E-state index in [2.05, 4.69) is 10.2 Å². The van der Waals surface area contributed by atoms with Gasteiger partial charge in [-0.2, -0.15) is 0 Å². The fourth-order valence-corrected chi connectivity index (χ4v) is 3.19. The quantitative estimate of drug-likeness (QED) is 0.874. The molecule has 0 bridgehead atoms. The van der Waals surface area contributed by atoms with Gasteiger partial charge in [0.1, 0.15) is 0 Å². The largest absolute Gasteiger partial charge is 0.481 e. The Morgan fingerprint density at radius 1 is 1.44 bits per heavy atom. The summed E-state index contributed by atoms with van der Waals surface area (Å²) >= 11 is 1.40. The molecule has 5 nitrogen and oxygen atoms in total. The number of carboxylic acids is 1. The zero-order valence-corrected chi connectivity index (χ0v) is 9.87. The number of carbonyl (C=O) groups is 1. The lowest BCUT2D eigenvalue weighted by molar-refractivity contribution is -0.142. The molecule has 88 valence electrons. The Balaban J connectivity index is 2.03. The Morgan fingerprint density at radius 3 is 2.81 bits per heavy atom. The third-order valence-corrected chi connectivity index (χ3v) is 4.01. The van der Waals surface area contributed by atoms with Crippen molar-refractivity contribution in [3.8, 4) is 0 Å². The van der Waals surface area contributed by atoms with E-state index >= 15 is 0 Å². The molecular weight excluding hydrogens is 228 g/mol. The first-order chi connectivity index (χ1) is 7.66. The van der Waals surface area contributed by atoms with Crippen LogP contribution in [0.2, 0.25) is 0 Å². The van der Waals surface area contributed by atoms with Crippen LogP contribution in [-0.4, -0.2) is 26.5 Å². The molecule has 0 radical (unpaired) electrons. The standard InChI is InChI=1S/C10H14N2O3S/c1-6-11-12-10(15-6)16-8-5-3-2-4-7(8)9(13)14/h7-8H,2-5H2,1H3,(H,13,14). The number of aromatic nitrogens is 2. The second kappa shape index (κ2) is 4.86. The lowest BCUT2D eigenvalue weighted by atomic mass is 9.89. The first-order valence-corrected chi connectivity index (χ1v) is 6.24. The molecule has 2 unspecified atom stereocenters. The maximum Gasteiger partial charge on any atom is 0.307 e. The molecule has 0 aliphatic heterocycles. The van der Waals surface area contributed by atoms with Gasteiger partial charge in [0.25, 0.3) is 5.22 Å². The van der Waals surface area contributed by atoms with E-state index in [1.807, 2.05) is 0 Å². The second-order valence-electron chi connectivity index (χ2n) is 3.97. The van der Waals surface area contributed by atoms with Crippen molar-refractivity contribution < 1.29 is 14.3 Å². The van der Waals surface area contributed by atoms with Crippen LogP contribution in [0.3, 0.4) is 0 Å². The Labute approximate surface area is 97.6 Å². The maximum atomic E-state index is 11.1. The molecule has 1 fully saturated rings. The topological polar surface area (TPSA) is 76.2 Å². The van der Waals surface area contributed by atoms with Crippen molar-refractivity contribution in [1.82, 2.24) is 10.2 Å². The summed E-state index contributed by atoms with van der Waals surface area (Å²) in [4.78, 5) is 11.1. The SMILES string of the molecule is Cc1nnc(SC2CCCCC2C(=O)O)o1. The predicted octanol–water partition coefficient (Wildman–Crippen LogP) is 2.11. The summed E-state index contributed by atoms with van der Waals surface area (Å²) in [5, 5.41) is 17.3. The third kappa shape index (κ3) is 2.55. The van der Waals surface area contributed by atoms with Crippen LogP contribution in [0.1, 0.15) is 31.6 Å². The summed E-state index contributed by atoms with van der Waals surface area (Å²) in [6.45, 7) is 1.73. The van der Waals surface area contributed by atoms with E-state index in [1.165, 1.54) is 11.8 Å². The zero-order valence-electron chi connectivity index (χ0n) is 9.05. The van der Waals surface area contributed by atoms with Crippen LogP contribution in [0.5, 0.6) is 0 Å². The maximum absolute atomic E-state index is 11.1. The number of hydrogen-bond donors (Lipinski definition) is 1. The fraction of sp³-hybridized carbons (Fsp3) is 0.700. The summed E-state index contributed by atoms with van der Waals surface area (Å²) in [6, 6.07) is 0. The van der Waals surface area contributed by atoms with E-state index in [9.17, 15) is 4.79 Å². The molecule has 1 heterocycles. The van der Waals surface area contributed by atoms with Crippen molar-refractivity contribution in [3.05, 3.63) is 5.89 Å². The summed E-state index contributed by atoms with van der Waals surface area (Å²) in [5.41, 5.74) is 0. The van der Waals surface area contributed by atoms with Crippen molar-refractivity contribution in [3.63, 3.8) is 0 Å². The lowest BCUT2D eigenvalue weighted by Crippen LogP contribution is -2.29.